The molecule has 1 heterocycles. The number of benzene rings is 2. The van der Waals surface area contributed by atoms with Crippen LogP contribution in [0.25, 0.3) is 17.5 Å². The first-order valence-corrected chi connectivity index (χ1v) is 8.12. The van der Waals surface area contributed by atoms with Gasteiger partial charge in [-0.2, -0.15) is 4.98 Å². The molecule has 2 aromatic carbocycles. The third-order valence-corrected chi connectivity index (χ3v) is 3.69. The van der Waals surface area contributed by atoms with E-state index in [1.54, 1.807) is 24.3 Å². The Hall–Kier alpha value is -4.01. The van der Waals surface area contributed by atoms with E-state index in [2.05, 4.69) is 10.1 Å². The zero-order valence-electron chi connectivity index (χ0n) is 14.8. The van der Waals surface area contributed by atoms with Crippen LogP contribution >= 0.6 is 0 Å². The van der Waals surface area contributed by atoms with Crippen LogP contribution in [0.3, 0.4) is 0 Å². The molecule has 28 heavy (non-hydrogen) atoms. The number of nitro benzene ring substituents is 1. The molecule has 0 spiro atoms. The van der Waals surface area contributed by atoms with Crippen molar-refractivity contribution in [2.45, 2.75) is 6.61 Å². The van der Waals surface area contributed by atoms with Crippen LogP contribution in [0, 0.1) is 10.1 Å². The van der Waals surface area contributed by atoms with Gasteiger partial charge in [0.2, 0.25) is 5.82 Å². The van der Waals surface area contributed by atoms with Crippen LogP contribution in [0.4, 0.5) is 5.69 Å². The standard InChI is InChI=1S/C19H15N3O6/c1-26-16-9-5-3-7-14(16)19-20-17(28-21-19)12-27-18(23)11-10-13-6-2-4-8-15(13)22(24)25/h2-11H,12H2,1H3/b11-10+. The molecule has 0 bridgehead atoms. The maximum Gasteiger partial charge on any atom is 0.331 e. The average Bonchev–Trinajstić information content (AvgIpc) is 3.19. The Labute approximate surface area is 159 Å². The highest BCUT2D eigenvalue weighted by Crippen LogP contribution is 2.27. The van der Waals surface area contributed by atoms with Crippen LogP contribution in [-0.2, 0) is 16.1 Å². The van der Waals surface area contributed by atoms with Gasteiger partial charge in [-0.25, -0.2) is 4.79 Å². The summed E-state index contributed by atoms with van der Waals surface area (Å²) in [5, 5.41) is 14.8. The number of hydrogen-bond acceptors (Lipinski definition) is 8. The van der Waals surface area contributed by atoms with E-state index in [0.717, 1.165) is 6.08 Å². The van der Waals surface area contributed by atoms with Crippen molar-refractivity contribution in [2.24, 2.45) is 0 Å². The predicted molar refractivity (Wildman–Crippen MR) is 98.2 cm³/mol. The number of hydrogen-bond donors (Lipinski definition) is 0. The zero-order valence-corrected chi connectivity index (χ0v) is 14.8. The fourth-order valence-corrected chi connectivity index (χ4v) is 2.39. The van der Waals surface area contributed by atoms with Gasteiger partial charge in [-0.1, -0.05) is 29.4 Å². The lowest BCUT2D eigenvalue weighted by molar-refractivity contribution is -0.385. The van der Waals surface area contributed by atoms with Gasteiger partial charge < -0.3 is 14.0 Å². The fourth-order valence-electron chi connectivity index (χ4n) is 2.39. The topological polar surface area (TPSA) is 118 Å². The van der Waals surface area contributed by atoms with Gasteiger partial charge in [0.25, 0.3) is 11.6 Å². The normalized spacial score (nSPS) is 10.8. The number of ether oxygens (including phenoxy) is 2. The van der Waals surface area contributed by atoms with Gasteiger partial charge in [0, 0.05) is 12.1 Å². The van der Waals surface area contributed by atoms with Crippen molar-refractivity contribution in [1.82, 2.24) is 10.1 Å². The minimum absolute atomic E-state index is 0.105. The molecule has 9 nitrogen and oxygen atoms in total. The molecule has 0 radical (unpaired) electrons. The molecule has 0 saturated heterocycles. The summed E-state index contributed by atoms with van der Waals surface area (Å²) in [7, 11) is 1.53. The summed E-state index contributed by atoms with van der Waals surface area (Å²) in [6.45, 7) is -0.234. The average molecular weight is 381 g/mol. The van der Waals surface area contributed by atoms with Gasteiger partial charge in [-0.3, -0.25) is 10.1 Å². The maximum absolute atomic E-state index is 11.9. The van der Waals surface area contributed by atoms with Crippen molar-refractivity contribution in [3.8, 4) is 17.1 Å². The maximum atomic E-state index is 11.9. The van der Waals surface area contributed by atoms with E-state index in [0.29, 0.717) is 22.7 Å². The molecule has 1 aromatic heterocycles. The number of rotatable bonds is 7. The Bertz CT molecular complexity index is 1030. The van der Waals surface area contributed by atoms with E-state index in [1.807, 2.05) is 12.1 Å². The molecule has 0 aliphatic carbocycles. The highest BCUT2D eigenvalue weighted by atomic mass is 16.6. The molecule has 3 aromatic rings. The van der Waals surface area contributed by atoms with E-state index >= 15 is 0 Å². The van der Waals surface area contributed by atoms with E-state index in [1.165, 1.54) is 25.3 Å². The van der Waals surface area contributed by atoms with Gasteiger partial charge in [0.15, 0.2) is 6.61 Å². The molecule has 0 atom stereocenters. The first-order chi connectivity index (χ1) is 13.6. The van der Waals surface area contributed by atoms with E-state index < -0.39 is 10.9 Å². The van der Waals surface area contributed by atoms with Crippen LogP contribution < -0.4 is 4.74 Å². The molecule has 142 valence electrons. The second kappa shape index (κ2) is 8.58. The van der Waals surface area contributed by atoms with Crippen LogP contribution in [0.2, 0.25) is 0 Å². The van der Waals surface area contributed by atoms with Crippen LogP contribution in [0.1, 0.15) is 11.5 Å². The third-order valence-electron chi connectivity index (χ3n) is 3.69. The molecule has 0 saturated carbocycles. The lowest BCUT2D eigenvalue weighted by Crippen LogP contribution is -2.01. The van der Waals surface area contributed by atoms with Crippen LogP contribution in [0.5, 0.6) is 5.75 Å². The van der Waals surface area contributed by atoms with Crippen molar-refractivity contribution in [2.75, 3.05) is 7.11 Å². The van der Waals surface area contributed by atoms with E-state index in [-0.39, 0.29) is 18.2 Å². The highest BCUT2D eigenvalue weighted by molar-refractivity contribution is 5.87. The molecule has 0 unspecified atom stereocenters. The minimum atomic E-state index is -0.699. The molecular weight excluding hydrogens is 366 g/mol. The molecule has 0 N–H and O–H groups in total. The quantitative estimate of drug-likeness (QED) is 0.264. The molecule has 0 aliphatic rings. The van der Waals surface area contributed by atoms with Crippen molar-refractivity contribution in [3.63, 3.8) is 0 Å². The first kappa shape index (κ1) is 18.8. The number of nitro groups is 1. The van der Waals surface area contributed by atoms with Gasteiger partial charge >= 0.3 is 5.97 Å². The molecule has 0 fully saturated rings. The predicted octanol–water partition coefficient (Wildman–Crippen LogP) is 3.41. The van der Waals surface area contributed by atoms with Crippen LogP contribution in [0.15, 0.2) is 59.1 Å². The Balaban J connectivity index is 1.63. The SMILES string of the molecule is COc1ccccc1-c1noc(COC(=O)/C=C/c2ccccc2[N+](=O)[O-])n1. The Morgan fingerprint density at radius 1 is 1.21 bits per heavy atom. The molecule has 0 amide bonds. The van der Waals surface area contributed by atoms with Crippen molar-refractivity contribution in [3.05, 3.63) is 76.2 Å². The summed E-state index contributed by atoms with van der Waals surface area (Å²) < 4.78 is 15.4. The lowest BCUT2D eigenvalue weighted by atomic mass is 10.1. The largest absolute Gasteiger partial charge is 0.496 e. The van der Waals surface area contributed by atoms with E-state index in [9.17, 15) is 14.9 Å². The Morgan fingerprint density at radius 3 is 2.75 bits per heavy atom. The summed E-state index contributed by atoms with van der Waals surface area (Å²) >= 11 is 0. The molecular formula is C19H15N3O6. The van der Waals surface area contributed by atoms with Gasteiger partial charge in [-0.15, -0.1) is 0 Å². The number of nitrogens with zero attached hydrogens (tertiary/aromatic N) is 3. The van der Waals surface area contributed by atoms with Crippen molar-refractivity contribution >= 4 is 17.7 Å². The van der Waals surface area contributed by atoms with Crippen LogP contribution in [-0.4, -0.2) is 28.1 Å². The Morgan fingerprint density at radius 2 is 1.96 bits per heavy atom. The van der Waals surface area contributed by atoms with Crippen molar-refractivity contribution < 1.29 is 23.7 Å². The summed E-state index contributed by atoms with van der Waals surface area (Å²) in [6.07, 6.45) is 2.41. The number of esters is 1. The van der Waals surface area contributed by atoms with Crippen molar-refractivity contribution in [1.29, 1.82) is 0 Å². The summed E-state index contributed by atoms with van der Waals surface area (Å²) in [6, 6.07) is 13.2. The van der Waals surface area contributed by atoms with Gasteiger partial charge in [0.05, 0.1) is 23.2 Å². The third kappa shape index (κ3) is 4.39. The molecule has 3 rings (SSSR count). The Kier molecular flexibility index (Phi) is 5.75. The number of carbonyl (C=O) groups excluding carboxylic acids is 1. The summed E-state index contributed by atoms with van der Waals surface area (Å²) in [4.78, 5) is 26.5. The highest BCUT2D eigenvalue weighted by Gasteiger charge is 2.14. The number of methoxy groups -OCH3 is 1. The summed E-state index contributed by atoms with van der Waals surface area (Å²) in [5.41, 5.74) is 0.827. The second-order valence-corrected chi connectivity index (χ2v) is 5.47. The lowest BCUT2D eigenvalue weighted by Gasteiger charge is -2.03. The number of aromatic nitrogens is 2. The van der Waals surface area contributed by atoms with Gasteiger partial charge in [0.1, 0.15) is 5.75 Å². The summed E-state index contributed by atoms with van der Waals surface area (Å²) in [5.74, 6) is 0.293. The number of carbonyl (C=O) groups is 1. The fraction of sp³-hybridized carbons (Fsp3) is 0.105. The minimum Gasteiger partial charge on any atom is -0.496 e. The molecule has 0 aliphatic heterocycles. The zero-order chi connectivity index (χ0) is 19.9. The second-order valence-electron chi connectivity index (χ2n) is 5.47. The van der Waals surface area contributed by atoms with E-state index in [4.69, 9.17) is 14.0 Å². The monoisotopic (exact) mass is 381 g/mol. The molecule has 9 heteroatoms. The number of para-hydroxylation sites is 2. The van der Waals surface area contributed by atoms with Gasteiger partial charge in [-0.05, 0) is 24.3 Å². The smallest absolute Gasteiger partial charge is 0.331 e. The first-order valence-electron chi connectivity index (χ1n) is 8.12.